The highest BCUT2D eigenvalue weighted by atomic mass is 14.9. The van der Waals surface area contributed by atoms with Gasteiger partial charge in [0.05, 0.1) is 6.04 Å². The van der Waals surface area contributed by atoms with Crippen LogP contribution in [0.15, 0.2) is 30.3 Å². The third-order valence-corrected chi connectivity index (χ3v) is 2.94. The van der Waals surface area contributed by atoms with Crippen LogP contribution in [0, 0.1) is 0 Å². The highest BCUT2D eigenvalue weighted by molar-refractivity contribution is 5.61. The average molecular weight is 201 g/mol. The van der Waals surface area contributed by atoms with E-state index in [1.165, 1.54) is 30.4 Å². The maximum atomic E-state index is 3.59. The van der Waals surface area contributed by atoms with Crippen molar-refractivity contribution >= 4 is 6.08 Å². The van der Waals surface area contributed by atoms with Crippen LogP contribution < -0.4 is 5.32 Å². The summed E-state index contributed by atoms with van der Waals surface area (Å²) in [4.78, 5) is 0. The van der Waals surface area contributed by atoms with Crippen LogP contribution in [0.2, 0.25) is 0 Å². The summed E-state index contributed by atoms with van der Waals surface area (Å²) in [6, 6.07) is 9.06. The number of nitrogens with one attached hydrogen (secondary N) is 1. The number of rotatable bonds is 5. The SMILES string of the molecule is CCCCCNC1C=Cc2ccccc21. The predicted octanol–water partition coefficient (Wildman–Crippen LogP) is 3.53. The molecule has 2 rings (SSSR count). The van der Waals surface area contributed by atoms with Gasteiger partial charge in [0.15, 0.2) is 0 Å². The second-order valence-corrected chi connectivity index (χ2v) is 4.13. The lowest BCUT2D eigenvalue weighted by atomic mass is 10.1. The smallest absolute Gasteiger partial charge is 0.0515 e. The van der Waals surface area contributed by atoms with Crippen molar-refractivity contribution < 1.29 is 0 Å². The molecule has 80 valence electrons. The first-order valence-corrected chi connectivity index (χ1v) is 5.92. The average Bonchev–Trinajstić information content (AvgIpc) is 2.68. The summed E-state index contributed by atoms with van der Waals surface area (Å²) in [5.41, 5.74) is 2.79. The molecular formula is C14H19N. The monoisotopic (exact) mass is 201 g/mol. The molecule has 1 aromatic rings. The fraction of sp³-hybridized carbons (Fsp3) is 0.429. The van der Waals surface area contributed by atoms with Crippen LogP contribution in [0.4, 0.5) is 0 Å². The molecule has 15 heavy (non-hydrogen) atoms. The Morgan fingerprint density at radius 2 is 2.07 bits per heavy atom. The van der Waals surface area contributed by atoms with Gasteiger partial charge in [-0.1, -0.05) is 56.2 Å². The second-order valence-electron chi connectivity index (χ2n) is 4.13. The molecule has 1 aromatic carbocycles. The summed E-state index contributed by atoms with van der Waals surface area (Å²) >= 11 is 0. The van der Waals surface area contributed by atoms with Crippen LogP contribution in [0.1, 0.15) is 43.4 Å². The first-order chi connectivity index (χ1) is 7.42. The molecule has 0 radical (unpaired) electrons. The highest BCUT2D eigenvalue weighted by Crippen LogP contribution is 2.27. The number of hydrogen-bond acceptors (Lipinski definition) is 1. The fourth-order valence-corrected chi connectivity index (χ4v) is 2.06. The van der Waals surface area contributed by atoms with Gasteiger partial charge in [-0.15, -0.1) is 0 Å². The topological polar surface area (TPSA) is 12.0 Å². The van der Waals surface area contributed by atoms with Crippen molar-refractivity contribution in [3.63, 3.8) is 0 Å². The van der Waals surface area contributed by atoms with Crippen molar-refractivity contribution in [3.05, 3.63) is 41.5 Å². The molecule has 0 bridgehead atoms. The fourth-order valence-electron chi connectivity index (χ4n) is 2.06. The van der Waals surface area contributed by atoms with Gasteiger partial charge in [-0.3, -0.25) is 0 Å². The normalized spacial score (nSPS) is 18.1. The minimum absolute atomic E-state index is 0.443. The summed E-state index contributed by atoms with van der Waals surface area (Å²) in [7, 11) is 0. The second kappa shape index (κ2) is 5.13. The Morgan fingerprint density at radius 1 is 1.20 bits per heavy atom. The molecule has 0 heterocycles. The van der Waals surface area contributed by atoms with E-state index in [4.69, 9.17) is 0 Å². The summed E-state index contributed by atoms with van der Waals surface area (Å²) in [5, 5.41) is 3.59. The minimum atomic E-state index is 0.443. The summed E-state index contributed by atoms with van der Waals surface area (Å²) in [6.07, 6.45) is 8.37. The van der Waals surface area contributed by atoms with Crippen LogP contribution in [0.5, 0.6) is 0 Å². The van der Waals surface area contributed by atoms with Crippen molar-refractivity contribution in [1.29, 1.82) is 0 Å². The van der Waals surface area contributed by atoms with Crippen molar-refractivity contribution in [1.82, 2.24) is 5.32 Å². The maximum Gasteiger partial charge on any atom is 0.0515 e. The van der Waals surface area contributed by atoms with Crippen LogP contribution in [-0.2, 0) is 0 Å². The van der Waals surface area contributed by atoms with E-state index in [1.54, 1.807) is 0 Å². The Hall–Kier alpha value is -1.08. The molecule has 1 aliphatic rings. The van der Waals surface area contributed by atoms with Gasteiger partial charge < -0.3 is 5.32 Å². The molecule has 1 nitrogen and oxygen atoms in total. The van der Waals surface area contributed by atoms with E-state index in [-0.39, 0.29) is 0 Å². The highest BCUT2D eigenvalue weighted by Gasteiger charge is 2.14. The lowest BCUT2D eigenvalue weighted by molar-refractivity contribution is 0.579. The zero-order valence-electron chi connectivity index (χ0n) is 9.37. The minimum Gasteiger partial charge on any atom is -0.307 e. The van der Waals surface area contributed by atoms with Gasteiger partial charge in [0, 0.05) is 0 Å². The maximum absolute atomic E-state index is 3.59. The zero-order chi connectivity index (χ0) is 10.5. The van der Waals surface area contributed by atoms with Gasteiger partial charge in [-0.25, -0.2) is 0 Å². The van der Waals surface area contributed by atoms with Crippen molar-refractivity contribution in [2.45, 2.75) is 32.2 Å². The number of hydrogen-bond donors (Lipinski definition) is 1. The molecule has 0 saturated carbocycles. The Bertz CT molecular complexity index is 341. The first-order valence-electron chi connectivity index (χ1n) is 5.92. The lowest BCUT2D eigenvalue weighted by Gasteiger charge is -2.12. The van der Waals surface area contributed by atoms with Crippen molar-refractivity contribution in [2.24, 2.45) is 0 Å². The van der Waals surface area contributed by atoms with Crippen LogP contribution in [0.3, 0.4) is 0 Å². The van der Waals surface area contributed by atoms with Gasteiger partial charge in [0.25, 0.3) is 0 Å². The third-order valence-electron chi connectivity index (χ3n) is 2.94. The van der Waals surface area contributed by atoms with Gasteiger partial charge in [0.1, 0.15) is 0 Å². The van der Waals surface area contributed by atoms with E-state index < -0.39 is 0 Å². The molecule has 1 N–H and O–H groups in total. The Labute approximate surface area is 92.2 Å². The van der Waals surface area contributed by atoms with E-state index >= 15 is 0 Å². The number of unbranched alkanes of at least 4 members (excludes halogenated alkanes) is 2. The molecule has 0 spiro atoms. The third kappa shape index (κ3) is 2.48. The first kappa shape index (κ1) is 10.4. The Morgan fingerprint density at radius 3 is 2.93 bits per heavy atom. The largest absolute Gasteiger partial charge is 0.307 e. The molecule has 1 unspecified atom stereocenters. The van der Waals surface area contributed by atoms with Crippen LogP contribution >= 0.6 is 0 Å². The van der Waals surface area contributed by atoms with E-state index in [0.717, 1.165) is 6.54 Å². The van der Waals surface area contributed by atoms with Crippen molar-refractivity contribution in [2.75, 3.05) is 6.54 Å². The molecule has 1 aliphatic carbocycles. The molecular weight excluding hydrogens is 182 g/mol. The van der Waals surface area contributed by atoms with Crippen LogP contribution in [-0.4, -0.2) is 6.54 Å². The summed E-state index contributed by atoms with van der Waals surface area (Å²) < 4.78 is 0. The van der Waals surface area contributed by atoms with Gasteiger partial charge in [-0.2, -0.15) is 0 Å². The van der Waals surface area contributed by atoms with E-state index in [9.17, 15) is 0 Å². The summed E-state index contributed by atoms with van der Waals surface area (Å²) in [6.45, 7) is 3.36. The molecule has 1 atom stereocenters. The Balaban J connectivity index is 1.88. The molecule has 0 fully saturated rings. The quantitative estimate of drug-likeness (QED) is 0.718. The van der Waals surface area contributed by atoms with E-state index in [1.807, 2.05) is 0 Å². The predicted molar refractivity (Wildman–Crippen MR) is 65.7 cm³/mol. The summed E-state index contributed by atoms with van der Waals surface area (Å²) in [5.74, 6) is 0. The standard InChI is InChI=1S/C14H19N/c1-2-3-6-11-15-14-10-9-12-7-4-5-8-13(12)14/h4-5,7-10,14-15H,2-3,6,11H2,1H3. The molecule has 0 aromatic heterocycles. The molecule has 0 amide bonds. The van der Waals surface area contributed by atoms with Gasteiger partial charge in [-0.05, 0) is 24.1 Å². The lowest BCUT2D eigenvalue weighted by Crippen LogP contribution is -2.19. The molecule has 1 heteroatoms. The van der Waals surface area contributed by atoms with Gasteiger partial charge in [0.2, 0.25) is 0 Å². The van der Waals surface area contributed by atoms with Gasteiger partial charge >= 0.3 is 0 Å². The van der Waals surface area contributed by atoms with E-state index in [2.05, 4.69) is 48.7 Å². The van der Waals surface area contributed by atoms with E-state index in [0.29, 0.717) is 6.04 Å². The number of benzene rings is 1. The van der Waals surface area contributed by atoms with Crippen molar-refractivity contribution in [3.8, 4) is 0 Å². The van der Waals surface area contributed by atoms with Crippen LogP contribution in [0.25, 0.3) is 6.08 Å². The Kier molecular flexibility index (Phi) is 3.57. The molecule has 0 saturated heterocycles. The molecule has 0 aliphatic heterocycles. The number of fused-ring (bicyclic) bond motifs is 1. The zero-order valence-corrected chi connectivity index (χ0v) is 9.37.